The Morgan fingerprint density at radius 2 is 0.887 bits per heavy atom. The van der Waals surface area contributed by atoms with Crippen molar-refractivity contribution in [3.8, 4) is 39.9 Å². The summed E-state index contributed by atoms with van der Waals surface area (Å²) in [6, 6.07) is 64.9. The highest BCUT2D eigenvalue weighted by Crippen LogP contribution is 2.45. The Morgan fingerprint density at radius 3 is 1.56 bits per heavy atom. The molecule has 0 N–H and O–H groups in total. The van der Waals surface area contributed by atoms with Crippen molar-refractivity contribution in [1.82, 2.24) is 19.5 Å². The number of nitrogens with zero attached hydrogens (tertiary/aromatic N) is 4. The number of hydrogen-bond donors (Lipinski definition) is 0. The molecule has 0 saturated carbocycles. The zero-order valence-electron chi connectivity index (χ0n) is 32.8. The standard InChI is InChI=1S/C55H30N4OS2/c1-2-14-32-28-43-39(27-31(32)13-1)33-15-3-7-21-42(33)59(43)44-29-40-34-16-4-8-22-45(34)60-46(40)30-41(44)55-57-53(37-19-11-25-49-51(37)35-17-5-9-23-47(35)61-49)56-54(58-55)38-20-12-26-50-52(38)36-18-6-10-24-48(36)62-50/h1-30H. The topological polar surface area (TPSA) is 56.7 Å². The van der Waals surface area contributed by atoms with E-state index in [4.69, 9.17) is 19.4 Å². The number of hydrogen-bond acceptors (Lipinski definition) is 6. The van der Waals surface area contributed by atoms with Gasteiger partial charge in [-0.05, 0) is 71.4 Å². The van der Waals surface area contributed by atoms with Crippen LogP contribution in [0.4, 0.5) is 0 Å². The highest BCUT2D eigenvalue weighted by molar-refractivity contribution is 7.26. The lowest BCUT2D eigenvalue weighted by Gasteiger charge is -2.16. The molecular weight excluding hydrogens is 797 g/mol. The first-order valence-corrected chi connectivity index (χ1v) is 22.3. The molecule has 0 radical (unpaired) electrons. The maximum absolute atomic E-state index is 6.66. The van der Waals surface area contributed by atoms with Crippen LogP contribution in [0.5, 0.6) is 0 Å². The minimum Gasteiger partial charge on any atom is -0.456 e. The molecule has 5 nitrogen and oxygen atoms in total. The fraction of sp³-hybridized carbons (Fsp3) is 0. The Hall–Kier alpha value is -7.71. The third kappa shape index (κ3) is 4.92. The van der Waals surface area contributed by atoms with Gasteiger partial charge in [0.1, 0.15) is 11.2 Å². The van der Waals surface area contributed by atoms with Crippen molar-refractivity contribution in [2.75, 3.05) is 0 Å². The van der Waals surface area contributed by atoms with Crippen LogP contribution in [0.1, 0.15) is 0 Å². The Morgan fingerprint density at radius 1 is 0.355 bits per heavy atom. The molecule has 0 aliphatic carbocycles. The van der Waals surface area contributed by atoms with Gasteiger partial charge in [-0.1, -0.05) is 121 Å². The molecule has 62 heavy (non-hydrogen) atoms. The molecular formula is C55H30N4OS2. The summed E-state index contributed by atoms with van der Waals surface area (Å²) in [4.78, 5) is 16.5. The quantitative estimate of drug-likeness (QED) is 0.177. The van der Waals surface area contributed by atoms with Gasteiger partial charge in [0, 0.05) is 78.6 Å². The van der Waals surface area contributed by atoms with Crippen molar-refractivity contribution < 1.29 is 4.42 Å². The maximum atomic E-state index is 6.66. The Labute approximate surface area is 361 Å². The third-order valence-corrected chi connectivity index (χ3v) is 14.7. The van der Waals surface area contributed by atoms with Crippen LogP contribution < -0.4 is 0 Å². The largest absolute Gasteiger partial charge is 0.456 e. The van der Waals surface area contributed by atoms with Gasteiger partial charge in [-0.3, -0.25) is 0 Å². The van der Waals surface area contributed by atoms with E-state index < -0.39 is 0 Å². The first-order valence-electron chi connectivity index (χ1n) is 20.7. The lowest BCUT2D eigenvalue weighted by Crippen LogP contribution is -2.04. The van der Waals surface area contributed by atoms with Gasteiger partial charge in [-0.15, -0.1) is 22.7 Å². The zero-order chi connectivity index (χ0) is 40.5. The predicted octanol–water partition coefficient (Wildman–Crippen LogP) is 15.8. The Kier molecular flexibility index (Phi) is 7.08. The third-order valence-electron chi connectivity index (χ3n) is 12.4. The lowest BCUT2D eigenvalue weighted by molar-refractivity contribution is 0.669. The first-order chi connectivity index (χ1) is 30.7. The van der Waals surface area contributed by atoms with Gasteiger partial charge in [0.25, 0.3) is 0 Å². The van der Waals surface area contributed by atoms with Crippen molar-refractivity contribution in [3.05, 3.63) is 182 Å². The molecule has 14 aromatic rings. The number of rotatable bonds is 4. The molecule has 0 aliphatic rings. The van der Waals surface area contributed by atoms with Gasteiger partial charge in [0.05, 0.1) is 16.7 Å². The van der Waals surface area contributed by atoms with Crippen molar-refractivity contribution in [2.45, 2.75) is 0 Å². The first kappa shape index (κ1) is 34.0. The summed E-state index contributed by atoms with van der Waals surface area (Å²) in [7, 11) is 0. The number of aromatic nitrogens is 4. The summed E-state index contributed by atoms with van der Waals surface area (Å²) in [5.74, 6) is 1.82. The van der Waals surface area contributed by atoms with E-state index in [-0.39, 0.29) is 0 Å². The Bertz CT molecular complexity index is 4060. The zero-order valence-corrected chi connectivity index (χ0v) is 34.5. The number of furan rings is 1. The normalized spacial score (nSPS) is 12.2. The monoisotopic (exact) mass is 826 g/mol. The maximum Gasteiger partial charge on any atom is 0.166 e. The molecule has 14 rings (SSSR count). The number of benzene rings is 9. The number of thiophene rings is 2. The summed E-state index contributed by atoms with van der Waals surface area (Å²) in [5, 5.41) is 11.5. The lowest BCUT2D eigenvalue weighted by atomic mass is 10.0. The van der Waals surface area contributed by atoms with E-state index in [1.54, 1.807) is 22.7 Å². The number of fused-ring (bicyclic) bond motifs is 13. The van der Waals surface area contributed by atoms with E-state index >= 15 is 0 Å². The van der Waals surface area contributed by atoms with Gasteiger partial charge in [0.2, 0.25) is 0 Å². The van der Waals surface area contributed by atoms with E-state index in [0.29, 0.717) is 17.5 Å². The van der Waals surface area contributed by atoms with E-state index in [9.17, 15) is 0 Å². The summed E-state index contributed by atoms with van der Waals surface area (Å²) in [6.45, 7) is 0. The van der Waals surface area contributed by atoms with Crippen LogP contribution in [0.3, 0.4) is 0 Å². The van der Waals surface area contributed by atoms with Gasteiger partial charge < -0.3 is 8.98 Å². The van der Waals surface area contributed by atoms with Gasteiger partial charge in [-0.2, -0.15) is 0 Å². The summed E-state index contributed by atoms with van der Waals surface area (Å²) < 4.78 is 13.9. The van der Waals surface area contributed by atoms with E-state index in [2.05, 4.69) is 174 Å². The van der Waals surface area contributed by atoms with Crippen LogP contribution in [0.25, 0.3) is 135 Å². The SMILES string of the molecule is c1ccc2cc3c(cc2c1)c1ccccc1n3-c1cc2c(cc1-c1nc(-c3cccc4sc5ccccc5c34)nc(-c3cccc4sc5ccccc5c34)n1)oc1ccccc12. The van der Waals surface area contributed by atoms with Crippen LogP contribution in [-0.2, 0) is 0 Å². The second kappa shape index (κ2) is 12.9. The van der Waals surface area contributed by atoms with Crippen molar-refractivity contribution in [2.24, 2.45) is 0 Å². The average molecular weight is 827 g/mol. The van der Waals surface area contributed by atoms with E-state index in [1.165, 1.54) is 51.1 Å². The summed E-state index contributed by atoms with van der Waals surface area (Å²) in [6.07, 6.45) is 0. The molecule has 9 aromatic carbocycles. The molecule has 0 fully saturated rings. The minimum absolute atomic E-state index is 0.571. The highest BCUT2D eigenvalue weighted by Gasteiger charge is 2.24. The molecule has 0 aliphatic heterocycles. The van der Waals surface area contributed by atoms with Crippen LogP contribution in [-0.4, -0.2) is 19.5 Å². The average Bonchev–Trinajstić information content (AvgIpc) is 4.09. The van der Waals surface area contributed by atoms with Crippen LogP contribution in [0.2, 0.25) is 0 Å². The number of para-hydroxylation sites is 2. The van der Waals surface area contributed by atoms with Crippen LogP contribution in [0, 0.1) is 0 Å². The smallest absolute Gasteiger partial charge is 0.166 e. The molecule has 0 bridgehead atoms. The van der Waals surface area contributed by atoms with Crippen LogP contribution in [0.15, 0.2) is 186 Å². The minimum atomic E-state index is 0.571. The van der Waals surface area contributed by atoms with E-state index in [1.807, 2.05) is 12.1 Å². The molecule has 0 spiro atoms. The molecule has 288 valence electrons. The van der Waals surface area contributed by atoms with Gasteiger partial charge in [-0.25, -0.2) is 15.0 Å². The van der Waals surface area contributed by atoms with E-state index in [0.717, 1.165) is 66.1 Å². The van der Waals surface area contributed by atoms with Gasteiger partial charge >= 0.3 is 0 Å². The second-order valence-electron chi connectivity index (χ2n) is 15.9. The van der Waals surface area contributed by atoms with Crippen molar-refractivity contribution >= 4 is 118 Å². The second-order valence-corrected chi connectivity index (χ2v) is 18.1. The highest BCUT2D eigenvalue weighted by atomic mass is 32.1. The fourth-order valence-electron chi connectivity index (χ4n) is 9.70. The Balaban J connectivity index is 1.14. The molecule has 7 heteroatoms. The predicted molar refractivity (Wildman–Crippen MR) is 261 cm³/mol. The molecule has 5 heterocycles. The molecule has 0 amide bonds. The fourth-order valence-corrected chi connectivity index (χ4v) is 12.0. The van der Waals surface area contributed by atoms with Gasteiger partial charge in [0.15, 0.2) is 17.5 Å². The summed E-state index contributed by atoms with van der Waals surface area (Å²) in [5.41, 5.74) is 7.58. The molecule has 0 atom stereocenters. The molecule has 0 saturated heterocycles. The van der Waals surface area contributed by atoms with Crippen LogP contribution >= 0.6 is 22.7 Å². The molecule has 0 unspecified atom stereocenters. The van der Waals surface area contributed by atoms with Crippen molar-refractivity contribution in [1.29, 1.82) is 0 Å². The van der Waals surface area contributed by atoms with Crippen molar-refractivity contribution in [3.63, 3.8) is 0 Å². The molecule has 5 aromatic heterocycles. The summed E-state index contributed by atoms with van der Waals surface area (Å²) >= 11 is 3.59.